The van der Waals surface area contributed by atoms with Gasteiger partial charge in [-0.25, -0.2) is 21.6 Å². The first kappa shape index (κ1) is 16.1. The third-order valence-corrected chi connectivity index (χ3v) is 4.47. The molecule has 2 rings (SSSR count). The molecule has 1 aliphatic rings. The number of anilines is 1. The zero-order chi connectivity index (χ0) is 15.5. The van der Waals surface area contributed by atoms with E-state index >= 15 is 0 Å². The van der Waals surface area contributed by atoms with Crippen LogP contribution in [0.4, 0.5) is 18.9 Å². The molecule has 0 unspecified atom stereocenters. The molecule has 1 fully saturated rings. The molecule has 0 amide bonds. The maximum atomic E-state index is 13.4. The molecule has 1 aromatic rings. The molecule has 118 valence electrons. The Hall–Kier alpha value is -1.28. The van der Waals surface area contributed by atoms with E-state index in [2.05, 4.69) is 5.32 Å². The average molecular weight is 322 g/mol. The molecule has 0 spiro atoms. The summed E-state index contributed by atoms with van der Waals surface area (Å²) in [6.45, 7) is 0.725. The predicted molar refractivity (Wildman–Crippen MR) is 74.0 cm³/mol. The predicted octanol–water partition coefficient (Wildman–Crippen LogP) is 2.38. The Morgan fingerprint density at radius 3 is 2.52 bits per heavy atom. The maximum Gasteiger partial charge on any atom is 0.232 e. The Morgan fingerprint density at radius 2 is 1.86 bits per heavy atom. The number of nitrogens with one attached hydrogen (secondary N) is 2. The molecule has 8 heteroatoms. The lowest BCUT2D eigenvalue weighted by Crippen LogP contribution is -2.21. The van der Waals surface area contributed by atoms with Crippen LogP contribution in [0.2, 0.25) is 0 Å². The van der Waals surface area contributed by atoms with E-state index in [4.69, 9.17) is 0 Å². The van der Waals surface area contributed by atoms with E-state index in [1.807, 2.05) is 4.72 Å². The summed E-state index contributed by atoms with van der Waals surface area (Å²) in [4.78, 5) is 0. The van der Waals surface area contributed by atoms with Crippen LogP contribution >= 0.6 is 0 Å². The second kappa shape index (κ2) is 6.65. The molecule has 0 saturated heterocycles. The summed E-state index contributed by atoms with van der Waals surface area (Å²) in [7, 11) is -3.83. The molecule has 1 saturated carbocycles. The summed E-state index contributed by atoms with van der Waals surface area (Å²) >= 11 is 0. The fraction of sp³-hybridized carbons (Fsp3) is 0.538. The van der Waals surface area contributed by atoms with E-state index in [0.29, 0.717) is 31.0 Å². The Bertz CT molecular complexity index is 604. The fourth-order valence-electron chi connectivity index (χ4n) is 1.86. The summed E-state index contributed by atoms with van der Waals surface area (Å²) in [5.41, 5.74) is -0.705. The highest BCUT2D eigenvalue weighted by atomic mass is 32.2. The molecule has 21 heavy (non-hydrogen) atoms. The molecule has 0 atom stereocenters. The van der Waals surface area contributed by atoms with Crippen molar-refractivity contribution >= 4 is 15.7 Å². The number of benzene rings is 1. The van der Waals surface area contributed by atoms with Crippen LogP contribution < -0.4 is 10.0 Å². The third-order valence-electron chi connectivity index (χ3n) is 3.11. The van der Waals surface area contributed by atoms with Gasteiger partial charge < -0.3 is 5.32 Å². The van der Waals surface area contributed by atoms with E-state index in [0.717, 1.165) is 19.4 Å². The molecule has 0 aliphatic heterocycles. The van der Waals surface area contributed by atoms with E-state index in [1.165, 1.54) is 0 Å². The number of rotatable bonds is 8. The van der Waals surface area contributed by atoms with Gasteiger partial charge in [-0.1, -0.05) is 0 Å². The SMILES string of the molecule is O=S(=O)(CCCCNC1CC1)Nc1cc(F)cc(F)c1F. The second-order valence-electron chi connectivity index (χ2n) is 5.11. The lowest BCUT2D eigenvalue weighted by Gasteiger charge is -2.09. The molecule has 2 N–H and O–H groups in total. The number of hydrogen-bond acceptors (Lipinski definition) is 3. The molecular weight excluding hydrogens is 305 g/mol. The minimum absolute atomic E-state index is 0.225. The largest absolute Gasteiger partial charge is 0.314 e. The highest BCUT2D eigenvalue weighted by molar-refractivity contribution is 7.92. The van der Waals surface area contributed by atoms with E-state index in [9.17, 15) is 21.6 Å². The van der Waals surface area contributed by atoms with Crippen molar-refractivity contribution in [1.82, 2.24) is 5.32 Å². The van der Waals surface area contributed by atoms with Crippen LogP contribution in [0.3, 0.4) is 0 Å². The third kappa shape index (κ3) is 5.20. The topological polar surface area (TPSA) is 58.2 Å². The lowest BCUT2D eigenvalue weighted by atomic mass is 10.3. The molecule has 1 aromatic carbocycles. The zero-order valence-corrected chi connectivity index (χ0v) is 12.1. The van der Waals surface area contributed by atoms with Gasteiger partial charge in [-0.15, -0.1) is 0 Å². The van der Waals surface area contributed by atoms with Crippen molar-refractivity contribution in [3.05, 3.63) is 29.6 Å². The van der Waals surface area contributed by atoms with Crippen molar-refractivity contribution in [2.75, 3.05) is 17.0 Å². The van der Waals surface area contributed by atoms with Crippen LogP contribution in [0, 0.1) is 17.5 Å². The van der Waals surface area contributed by atoms with Gasteiger partial charge >= 0.3 is 0 Å². The van der Waals surface area contributed by atoms with Crippen molar-refractivity contribution in [2.45, 2.75) is 31.7 Å². The van der Waals surface area contributed by atoms with Crippen molar-refractivity contribution in [2.24, 2.45) is 0 Å². The number of halogens is 3. The van der Waals surface area contributed by atoms with Crippen LogP contribution in [0.25, 0.3) is 0 Å². The Labute approximate surface area is 121 Å². The second-order valence-corrected chi connectivity index (χ2v) is 6.95. The summed E-state index contributed by atoms with van der Waals surface area (Å²) in [6, 6.07) is 1.53. The molecular formula is C13H17F3N2O2S. The number of unbranched alkanes of at least 4 members (excludes halogenated alkanes) is 1. The summed E-state index contributed by atoms with van der Waals surface area (Å²) in [5, 5.41) is 3.24. The maximum absolute atomic E-state index is 13.4. The van der Waals surface area contributed by atoms with Crippen LogP contribution in [0.5, 0.6) is 0 Å². The van der Waals surface area contributed by atoms with Crippen molar-refractivity contribution in [3.63, 3.8) is 0 Å². The first-order valence-electron chi connectivity index (χ1n) is 6.76. The van der Waals surface area contributed by atoms with Crippen LogP contribution in [0.1, 0.15) is 25.7 Å². The molecule has 0 bridgehead atoms. The van der Waals surface area contributed by atoms with Crippen LogP contribution in [-0.4, -0.2) is 26.8 Å². The lowest BCUT2D eigenvalue weighted by molar-refractivity contribution is 0.498. The smallest absolute Gasteiger partial charge is 0.232 e. The van der Waals surface area contributed by atoms with Gasteiger partial charge in [0.1, 0.15) is 5.82 Å². The van der Waals surface area contributed by atoms with Crippen molar-refractivity contribution in [3.8, 4) is 0 Å². The molecule has 4 nitrogen and oxygen atoms in total. The molecule has 0 aromatic heterocycles. The molecule has 0 radical (unpaired) electrons. The van der Waals surface area contributed by atoms with E-state index < -0.39 is 33.2 Å². The Balaban J connectivity index is 1.84. The van der Waals surface area contributed by atoms with Crippen molar-refractivity contribution in [1.29, 1.82) is 0 Å². The first-order valence-corrected chi connectivity index (χ1v) is 8.41. The summed E-state index contributed by atoms with van der Waals surface area (Å²) in [5.74, 6) is -4.10. The summed E-state index contributed by atoms with van der Waals surface area (Å²) < 4.78 is 64.7. The van der Waals surface area contributed by atoms with Crippen LogP contribution in [-0.2, 0) is 10.0 Å². The summed E-state index contributed by atoms with van der Waals surface area (Å²) in [6.07, 6.45) is 3.36. The quantitative estimate of drug-likeness (QED) is 0.571. The van der Waals surface area contributed by atoms with E-state index in [1.54, 1.807) is 0 Å². The molecule has 0 heterocycles. The van der Waals surface area contributed by atoms with Crippen molar-refractivity contribution < 1.29 is 21.6 Å². The Morgan fingerprint density at radius 1 is 1.14 bits per heavy atom. The van der Waals surface area contributed by atoms with Gasteiger partial charge in [-0.2, -0.15) is 0 Å². The van der Waals surface area contributed by atoms with Gasteiger partial charge in [0, 0.05) is 18.2 Å². The zero-order valence-electron chi connectivity index (χ0n) is 11.3. The fourth-order valence-corrected chi connectivity index (χ4v) is 3.03. The monoisotopic (exact) mass is 322 g/mol. The van der Waals surface area contributed by atoms with Gasteiger partial charge in [-0.3, -0.25) is 4.72 Å². The molecule has 1 aliphatic carbocycles. The Kier molecular flexibility index (Phi) is 5.10. The van der Waals surface area contributed by atoms with Crippen LogP contribution in [0.15, 0.2) is 12.1 Å². The minimum Gasteiger partial charge on any atom is -0.314 e. The van der Waals surface area contributed by atoms with E-state index in [-0.39, 0.29) is 5.75 Å². The first-order chi connectivity index (χ1) is 9.87. The van der Waals surface area contributed by atoms with Gasteiger partial charge in [0.2, 0.25) is 10.0 Å². The highest BCUT2D eigenvalue weighted by Gasteiger charge is 2.20. The number of sulfonamides is 1. The van der Waals surface area contributed by atoms with Gasteiger partial charge in [0.15, 0.2) is 11.6 Å². The van der Waals surface area contributed by atoms with Gasteiger partial charge in [-0.05, 0) is 32.2 Å². The highest BCUT2D eigenvalue weighted by Crippen LogP contribution is 2.21. The standard InChI is InChI=1S/C13H17F3N2O2S/c14-9-7-11(15)13(16)12(8-9)18-21(19,20)6-2-1-5-17-10-3-4-10/h7-8,10,17-18H,1-6H2. The normalized spacial score (nSPS) is 15.2. The van der Waals surface area contributed by atoms with Gasteiger partial charge in [0.25, 0.3) is 0 Å². The number of hydrogen-bond donors (Lipinski definition) is 2. The average Bonchev–Trinajstić information content (AvgIpc) is 3.18. The van der Waals surface area contributed by atoms with Gasteiger partial charge in [0.05, 0.1) is 11.4 Å². The minimum atomic E-state index is -3.83.